The zero-order valence-corrected chi connectivity index (χ0v) is 18.9. The van der Waals surface area contributed by atoms with Crippen molar-refractivity contribution in [2.75, 3.05) is 26.4 Å². The van der Waals surface area contributed by atoms with E-state index in [-0.39, 0.29) is 18.9 Å². The van der Waals surface area contributed by atoms with Crippen molar-refractivity contribution < 1.29 is 14.3 Å². The average Bonchev–Trinajstić information content (AvgIpc) is 3.21. The third kappa shape index (κ3) is 4.49. The van der Waals surface area contributed by atoms with Gasteiger partial charge in [0.25, 0.3) is 0 Å². The number of amides is 2. The predicted molar refractivity (Wildman–Crippen MR) is 122 cm³/mol. The van der Waals surface area contributed by atoms with Crippen LogP contribution in [0.4, 0.5) is 4.79 Å². The lowest BCUT2D eigenvalue weighted by molar-refractivity contribution is 0.162. The molecule has 6 nitrogen and oxygen atoms in total. The molecule has 0 saturated carbocycles. The maximum absolute atomic E-state index is 13.3. The number of urea groups is 1. The van der Waals surface area contributed by atoms with Crippen LogP contribution in [0.1, 0.15) is 50.4 Å². The lowest BCUT2D eigenvalue weighted by Gasteiger charge is -2.38. The van der Waals surface area contributed by atoms with Gasteiger partial charge >= 0.3 is 6.03 Å². The molecule has 4 rings (SSSR count). The van der Waals surface area contributed by atoms with Crippen molar-refractivity contribution in [3.8, 4) is 11.5 Å². The van der Waals surface area contributed by atoms with Crippen LogP contribution in [0.2, 0.25) is 0 Å². The van der Waals surface area contributed by atoms with Gasteiger partial charge in [-0.1, -0.05) is 30.3 Å². The molecule has 6 heteroatoms. The molecule has 0 saturated heterocycles. The molecular formula is C25H33N3O3. The second-order valence-corrected chi connectivity index (χ2v) is 8.82. The van der Waals surface area contributed by atoms with Crippen LogP contribution >= 0.6 is 0 Å². The molecule has 0 aliphatic carbocycles. The van der Waals surface area contributed by atoms with E-state index in [1.807, 2.05) is 29.2 Å². The minimum atomic E-state index is -0.147. The number of nitrogens with zero attached hydrogens (tertiary/aromatic N) is 2. The third-order valence-electron chi connectivity index (χ3n) is 6.21. The van der Waals surface area contributed by atoms with Gasteiger partial charge in [0.1, 0.15) is 0 Å². The highest BCUT2D eigenvalue weighted by Crippen LogP contribution is 2.42. The fraction of sp³-hybridized carbons (Fsp3) is 0.480. The van der Waals surface area contributed by atoms with E-state index < -0.39 is 0 Å². The molecule has 1 unspecified atom stereocenters. The van der Waals surface area contributed by atoms with E-state index in [1.165, 1.54) is 5.56 Å². The summed E-state index contributed by atoms with van der Waals surface area (Å²) >= 11 is 0. The summed E-state index contributed by atoms with van der Waals surface area (Å²) in [4.78, 5) is 17.6. The first kappa shape index (κ1) is 21.5. The molecule has 0 aromatic heterocycles. The van der Waals surface area contributed by atoms with Crippen molar-refractivity contribution >= 4 is 6.03 Å². The number of rotatable bonds is 6. The number of benzene rings is 2. The summed E-state index contributed by atoms with van der Waals surface area (Å²) in [5, 5.41) is 3.16. The van der Waals surface area contributed by atoms with Gasteiger partial charge in [0.05, 0.1) is 6.04 Å². The van der Waals surface area contributed by atoms with Gasteiger partial charge < -0.3 is 19.7 Å². The molecule has 2 aromatic rings. The lowest BCUT2D eigenvalue weighted by atomic mass is 9.88. The van der Waals surface area contributed by atoms with E-state index in [2.05, 4.69) is 56.1 Å². The molecule has 2 amide bonds. The molecule has 2 aliphatic heterocycles. The Labute approximate surface area is 185 Å². The van der Waals surface area contributed by atoms with Gasteiger partial charge in [0, 0.05) is 31.7 Å². The smallest absolute Gasteiger partial charge is 0.318 e. The number of hydrogen-bond acceptors (Lipinski definition) is 4. The minimum absolute atomic E-state index is 0.0235. The maximum atomic E-state index is 13.3. The number of fused-ring (bicyclic) bond motifs is 2. The van der Waals surface area contributed by atoms with E-state index >= 15 is 0 Å². The summed E-state index contributed by atoms with van der Waals surface area (Å²) in [6.45, 7) is 11.1. The zero-order chi connectivity index (χ0) is 22.0. The molecular weight excluding hydrogens is 390 g/mol. The summed E-state index contributed by atoms with van der Waals surface area (Å²) in [5.41, 5.74) is 3.43. The Bertz CT molecular complexity index is 906. The molecule has 0 spiro atoms. The van der Waals surface area contributed by atoms with Crippen LogP contribution in [-0.4, -0.2) is 54.3 Å². The molecule has 2 aliphatic rings. The van der Waals surface area contributed by atoms with E-state index in [4.69, 9.17) is 9.47 Å². The fourth-order valence-corrected chi connectivity index (χ4v) is 4.73. The van der Waals surface area contributed by atoms with E-state index in [1.54, 1.807) is 0 Å². The van der Waals surface area contributed by atoms with Gasteiger partial charge in [-0.3, -0.25) is 4.90 Å². The number of hydrogen-bond donors (Lipinski definition) is 1. The SMILES string of the molecule is CC(C)N(CCNC(=O)N1CCc2cc3c(cc2C1c1ccccc1)OCO3)C(C)C. The van der Waals surface area contributed by atoms with Crippen molar-refractivity contribution in [3.63, 3.8) is 0 Å². The highest BCUT2D eigenvalue weighted by molar-refractivity contribution is 5.76. The third-order valence-corrected chi connectivity index (χ3v) is 6.21. The van der Waals surface area contributed by atoms with E-state index in [9.17, 15) is 4.79 Å². The molecule has 31 heavy (non-hydrogen) atoms. The number of carbonyl (C=O) groups is 1. The summed E-state index contributed by atoms with van der Waals surface area (Å²) in [6.07, 6.45) is 0.798. The van der Waals surface area contributed by atoms with Crippen molar-refractivity contribution in [2.45, 2.75) is 52.2 Å². The molecule has 166 valence electrons. The molecule has 0 fully saturated rings. The maximum Gasteiger partial charge on any atom is 0.318 e. The second-order valence-electron chi connectivity index (χ2n) is 8.82. The fourth-order valence-electron chi connectivity index (χ4n) is 4.73. The van der Waals surface area contributed by atoms with Crippen LogP contribution in [-0.2, 0) is 6.42 Å². The van der Waals surface area contributed by atoms with E-state index in [0.29, 0.717) is 25.2 Å². The number of carbonyl (C=O) groups excluding carboxylic acids is 1. The Morgan fingerprint density at radius 2 is 1.77 bits per heavy atom. The monoisotopic (exact) mass is 423 g/mol. The van der Waals surface area contributed by atoms with Crippen LogP contribution in [0, 0.1) is 0 Å². The topological polar surface area (TPSA) is 54.0 Å². The minimum Gasteiger partial charge on any atom is -0.454 e. The van der Waals surface area contributed by atoms with Gasteiger partial charge in [0.2, 0.25) is 6.79 Å². The van der Waals surface area contributed by atoms with Crippen LogP contribution in [0.5, 0.6) is 11.5 Å². The molecule has 0 bridgehead atoms. The predicted octanol–water partition coefficient (Wildman–Crippen LogP) is 4.19. The van der Waals surface area contributed by atoms with Crippen LogP contribution in [0.3, 0.4) is 0 Å². The van der Waals surface area contributed by atoms with Gasteiger partial charge in [-0.15, -0.1) is 0 Å². The van der Waals surface area contributed by atoms with Crippen molar-refractivity contribution in [1.82, 2.24) is 15.1 Å². The second kappa shape index (κ2) is 9.18. The van der Waals surface area contributed by atoms with Gasteiger partial charge in [-0.05, 0) is 62.9 Å². The first-order chi connectivity index (χ1) is 15.0. The Balaban J connectivity index is 1.56. The molecule has 1 N–H and O–H groups in total. The highest BCUT2D eigenvalue weighted by Gasteiger charge is 2.34. The first-order valence-electron chi connectivity index (χ1n) is 11.2. The van der Waals surface area contributed by atoms with Crippen LogP contribution in [0.15, 0.2) is 42.5 Å². The molecule has 0 radical (unpaired) electrons. The summed E-state index contributed by atoms with van der Waals surface area (Å²) in [6, 6.07) is 15.1. The van der Waals surface area contributed by atoms with Crippen molar-refractivity contribution in [2.24, 2.45) is 0 Å². The summed E-state index contributed by atoms with van der Waals surface area (Å²) < 4.78 is 11.2. The van der Waals surface area contributed by atoms with Gasteiger partial charge in [-0.2, -0.15) is 0 Å². The lowest BCUT2D eigenvalue weighted by Crippen LogP contribution is -2.49. The largest absolute Gasteiger partial charge is 0.454 e. The van der Waals surface area contributed by atoms with Gasteiger partial charge in [0.15, 0.2) is 11.5 Å². The molecule has 1 atom stereocenters. The van der Waals surface area contributed by atoms with Crippen LogP contribution < -0.4 is 14.8 Å². The summed E-state index contributed by atoms with van der Waals surface area (Å²) in [7, 11) is 0. The quantitative estimate of drug-likeness (QED) is 0.757. The Hall–Kier alpha value is -2.73. The normalized spacial score (nSPS) is 17.4. The average molecular weight is 424 g/mol. The molecule has 2 aromatic carbocycles. The van der Waals surface area contributed by atoms with E-state index in [0.717, 1.165) is 35.6 Å². The summed E-state index contributed by atoms with van der Waals surface area (Å²) in [5.74, 6) is 1.55. The zero-order valence-electron chi connectivity index (χ0n) is 18.9. The number of ether oxygens (including phenoxy) is 2. The Morgan fingerprint density at radius 3 is 2.45 bits per heavy atom. The standard InChI is InChI=1S/C25H33N3O3/c1-17(2)27(18(3)4)13-11-26-25(29)28-12-10-20-14-22-23(31-16-30-22)15-21(20)24(28)19-8-6-5-7-9-19/h5-9,14-15,17-18,24H,10-13,16H2,1-4H3,(H,26,29). The first-order valence-corrected chi connectivity index (χ1v) is 11.2. The number of nitrogens with one attached hydrogen (secondary N) is 1. The van der Waals surface area contributed by atoms with Gasteiger partial charge in [-0.25, -0.2) is 4.79 Å². The Morgan fingerprint density at radius 1 is 1.10 bits per heavy atom. The van der Waals surface area contributed by atoms with Crippen molar-refractivity contribution in [3.05, 3.63) is 59.2 Å². The Kier molecular flexibility index (Phi) is 6.37. The van der Waals surface area contributed by atoms with Crippen LogP contribution in [0.25, 0.3) is 0 Å². The molecule has 2 heterocycles. The highest BCUT2D eigenvalue weighted by atomic mass is 16.7. The van der Waals surface area contributed by atoms with Crippen molar-refractivity contribution in [1.29, 1.82) is 0 Å².